The predicted molar refractivity (Wildman–Crippen MR) is 66.9 cm³/mol. The van der Waals surface area contributed by atoms with Gasteiger partial charge in [-0.2, -0.15) is 0 Å². The fourth-order valence-electron chi connectivity index (χ4n) is 3.36. The Morgan fingerprint density at radius 1 is 1.13 bits per heavy atom. The number of hydrogen-bond donors (Lipinski definition) is 0. The molecule has 1 fully saturated rings. The summed E-state index contributed by atoms with van der Waals surface area (Å²) in [5.74, 6) is 0. The molecule has 0 bridgehead atoms. The molecule has 0 heteroatoms. The zero-order valence-corrected chi connectivity index (χ0v) is 10.7. The minimum Gasteiger partial charge on any atom is -0.0769 e. The van der Waals surface area contributed by atoms with Gasteiger partial charge in [-0.15, -0.1) is 0 Å². The van der Waals surface area contributed by atoms with E-state index >= 15 is 0 Å². The van der Waals surface area contributed by atoms with E-state index in [1.165, 1.54) is 38.5 Å². The Morgan fingerprint density at radius 2 is 1.87 bits per heavy atom. The maximum Gasteiger partial charge on any atom is -0.00979 e. The molecule has 0 spiro atoms. The summed E-state index contributed by atoms with van der Waals surface area (Å²) < 4.78 is 0. The molecule has 1 atom stereocenters. The minimum atomic E-state index is 0.557. The highest BCUT2D eigenvalue weighted by Crippen LogP contribution is 2.51. The molecule has 0 aliphatic heterocycles. The van der Waals surface area contributed by atoms with Crippen molar-refractivity contribution in [3.63, 3.8) is 0 Å². The average Bonchev–Trinajstić information content (AvgIpc) is 2.17. The lowest BCUT2D eigenvalue weighted by molar-refractivity contribution is 0.279. The molecule has 0 aromatic heterocycles. The molecule has 0 heterocycles. The van der Waals surface area contributed by atoms with E-state index < -0.39 is 0 Å². The van der Waals surface area contributed by atoms with E-state index in [-0.39, 0.29) is 0 Å². The van der Waals surface area contributed by atoms with Crippen LogP contribution in [0.25, 0.3) is 0 Å². The van der Waals surface area contributed by atoms with E-state index in [4.69, 9.17) is 0 Å². The second-order valence-corrected chi connectivity index (χ2v) is 5.95. The molecule has 0 N–H and O–H groups in total. The van der Waals surface area contributed by atoms with Crippen LogP contribution >= 0.6 is 0 Å². The molecule has 84 valence electrons. The van der Waals surface area contributed by atoms with Crippen molar-refractivity contribution in [2.75, 3.05) is 0 Å². The third kappa shape index (κ3) is 1.91. The Labute approximate surface area is 94.5 Å². The van der Waals surface area contributed by atoms with Crippen LogP contribution in [-0.2, 0) is 0 Å². The number of fused-ring (bicyclic) bond motifs is 1. The zero-order valence-electron chi connectivity index (χ0n) is 10.7. The average molecular weight is 204 g/mol. The molecule has 2 rings (SSSR count). The topological polar surface area (TPSA) is 0 Å². The van der Waals surface area contributed by atoms with Crippen LogP contribution in [0, 0.1) is 5.41 Å². The zero-order chi connectivity index (χ0) is 11.1. The summed E-state index contributed by atoms with van der Waals surface area (Å²) in [4.78, 5) is 0. The van der Waals surface area contributed by atoms with Crippen molar-refractivity contribution in [2.24, 2.45) is 5.41 Å². The van der Waals surface area contributed by atoms with Crippen molar-refractivity contribution in [1.82, 2.24) is 0 Å². The first kappa shape index (κ1) is 11.0. The van der Waals surface area contributed by atoms with E-state index in [1.54, 1.807) is 22.3 Å². The Bertz CT molecular complexity index is 326. The lowest BCUT2D eigenvalue weighted by Gasteiger charge is -2.42. The first-order chi connectivity index (χ1) is 7.03. The third-order valence-electron chi connectivity index (χ3n) is 4.60. The first-order valence-electron chi connectivity index (χ1n) is 6.37. The molecule has 1 saturated carbocycles. The lowest BCUT2D eigenvalue weighted by atomic mass is 9.63. The van der Waals surface area contributed by atoms with Crippen molar-refractivity contribution < 1.29 is 0 Å². The van der Waals surface area contributed by atoms with Crippen LogP contribution in [0.15, 0.2) is 22.3 Å². The van der Waals surface area contributed by atoms with Gasteiger partial charge >= 0.3 is 0 Å². The van der Waals surface area contributed by atoms with Gasteiger partial charge in [-0.1, -0.05) is 29.2 Å². The van der Waals surface area contributed by atoms with Gasteiger partial charge in [0.05, 0.1) is 0 Å². The van der Waals surface area contributed by atoms with Crippen molar-refractivity contribution in [2.45, 2.75) is 66.2 Å². The van der Waals surface area contributed by atoms with Gasteiger partial charge < -0.3 is 0 Å². The van der Waals surface area contributed by atoms with Crippen molar-refractivity contribution in [3.05, 3.63) is 22.3 Å². The standard InChI is InChI=1S/C15H24/c1-11(2)13-7-9-15(4)8-5-6-12(3)14(15)10-13/h5-10H2,1-4H3. The minimum absolute atomic E-state index is 0.557. The van der Waals surface area contributed by atoms with E-state index in [9.17, 15) is 0 Å². The van der Waals surface area contributed by atoms with Crippen LogP contribution < -0.4 is 0 Å². The molecule has 15 heavy (non-hydrogen) atoms. The van der Waals surface area contributed by atoms with E-state index in [1.807, 2.05) is 0 Å². The molecule has 1 unspecified atom stereocenters. The predicted octanol–water partition coefficient (Wildman–Crippen LogP) is 5.01. The summed E-state index contributed by atoms with van der Waals surface area (Å²) in [6, 6.07) is 0. The molecule has 2 aliphatic carbocycles. The quantitative estimate of drug-likeness (QED) is 0.486. The van der Waals surface area contributed by atoms with Crippen LogP contribution in [-0.4, -0.2) is 0 Å². The summed E-state index contributed by atoms with van der Waals surface area (Å²) in [5, 5.41) is 0. The highest BCUT2D eigenvalue weighted by molar-refractivity contribution is 5.33. The molecular formula is C15H24. The number of allylic oxidation sites excluding steroid dienone is 4. The molecular weight excluding hydrogens is 180 g/mol. The van der Waals surface area contributed by atoms with Gasteiger partial charge in [-0.05, 0) is 64.7 Å². The van der Waals surface area contributed by atoms with Gasteiger partial charge in [0.1, 0.15) is 0 Å². The van der Waals surface area contributed by atoms with Gasteiger partial charge in [0.15, 0.2) is 0 Å². The fourth-order valence-corrected chi connectivity index (χ4v) is 3.36. The Kier molecular flexibility index (Phi) is 2.79. The van der Waals surface area contributed by atoms with Crippen LogP contribution in [0.3, 0.4) is 0 Å². The van der Waals surface area contributed by atoms with Gasteiger partial charge in [-0.25, -0.2) is 0 Å². The van der Waals surface area contributed by atoms with Crippen molar-refractivity contribution in [3.8, 4) is 0 Å². The van der Waals surface area contributed by atoms with Gasteiger partial charge in [0.2, 0.25) is 0 Å². The Morgan fingerprint density at radius 3 is 2.53 bits per heavy atom. The number of rotatable bonds is 0. The van der Waals surface area contributed by atoms with E-state index in [0.717, 1.165) is 0 Å². The summed E-state index contributed by atoms with van der Waals surface area (Å²) in [6.07, 6.45) is 8.20. The summed E-state index contributed by atoms with van der Waals surface area (Å²) >= 11 is 0. The Hall–Kier alpha value is -0.520. The second kappa shape index (κ2) is 3.81. The summed E-state index contributed by atoms with van der Waals surface area (Å²) in [5.41, 5.74) is 7.31. The first-order valence-corrected chi connectivity index (χ1v) is 6.37. The molecule has 0 aromatic carbocycles. The second-order valence-electron chi connectivity index (χ2n) is 5.95. The fraction of sp³-hybridized carbons (Fsp3) is 0.733. The van der Waals surface area contributed by atoms with Gasteiger partial charge in [-0.3, -0.25) is 0 Å². The normalized spacial score (nSPS) is 31.6. The summed E-state index contributed by atoms with van der Waals surface area (Å²) in [6.45, 7) is 9.40. The SMILES string of the molecule is CC(C)=C1CCC2(C)CCCC(C)=C2C1. The van der Waals surface area contributed by atoms with Gasteiger partial charge in [0, 0.05) is 0 Å². The molecule has 0 amide bonds. The molecule has 0 aromatic rings. The highest BCUT2D eigenvalue weighted by atomic mass is 14.4. The molecule has 2 aliphatic rings. The largest absolute Gasteiger partial charge is 0.0769 e. The van der Waals surface area contributed by atoms with E-state index in [0.29, 0.717) is 5.41 Å². The van der Waals surface area contributed by atoms with E-state index in [2.05, 4.69) is 27.7 Å². The third-order valence-corrected chi connectivity index (χ3v) is 4.60. The molecule has 0 saturated heterocycles. The number of hydrogen-bond acceptors (Lipinski definition) is 0. The Balaban J connectivity index is 2.34. The molecule has 0 nitrogen and oxygen atoms in total. The van der Waals surface area contributed by atoms with Crippen LogP contribution in [0.1, 0.15) is 66.2 Å². The molecule has 0 radical (unpaired) electrons. The van der Waals surface area contributed by atoms with Crippen molar-refractivity contribution in [1.29, 1.82) is 0 Å². The lowest BCUT2D eigenvalue weighted by Crippen LogP contribution is -2.28. The smallest absolute Gasteiger partial charge is 0.00979 e. The highest BCUT2D eigenvalue weighted by Gasteiger charge is 2.36. The van der Waals surface area contributed by atoms with Gasteiger partial charge in [0.25, 0.3) is 0 Å². The summed E-state index contributed by atoms with van der Waals surface area (Å²) in [7, 11) is 0. The van der Waals surface area contributed by atoms with Crippen LogP contribution in [0.4, 0.5) is 0 Å². The maximum atomic E-state index is 2.49. The van der Waals surface area contributed by atoms with Crippen molar-refractivity contribution >= 4 is 0 Å². The maximum absolute atomic E-state index is 2.49. The van der Waals surface area contributed by atoms with Crippen LogP contribution in [0.2, 0.25) is 0 Å². The van der Waals surface area contributed by atoms with Crippen LogP contribution in [0.5, 0.6) is 0 Å². The monoisotopic (exact) mass is 204 g/mol.